The smallest absolute Gasteiger partial charge is 0.323 e. The molecule has 0 radical (unpaired) electrons. The molecule has 0 saturated carbocycles. The number of nitro groups is 1. The first-order valence-electron chi connectivity index (χ1n) is 7.53. The zero-order chi connectivity index (χ0) is 17.8. The maximum Gasteiger partial charge on any atom is 0.323 e. The number of rotatable bonds is 4. The van der Waals surface area contributed by atoms with E-state index < -0.39 is 10.7 Å². The predicted molar refractivity (Wildman–Crippen MR) is 85.0 cm³/mol. The molecule has 1 saturated heterocycles. The van der Waals surface area contributed by atoms with Crippen LogP contribution >= 0.6 is 0 Å². The van der Waals surface area contributed by atoms with Crippen LogP contribution in [0.5, 0.6) is 11.6 Å². The van der Waals surface area contributed by atoms with Gasteiger partial charge >= 0.3 is 6.03 Å². The number of amides is 2. The number of nitrogens with zero attached hydrogens (tertiary/aromatic N) is 4. The molecule has 0 atom stereocenters. The normalized spacial score (nSPS) is 13.6. The van der Waals surface area contributed by atoms with Gasteiger partial charge in [0.05, 0.1) is 11.0 Å². The molecule has 2 aromatic rings. The quantitative estimate of drug-likeness (QED) is 0.672. The SMILES string of the molecule is O=C(Nc1cc(Oc2ccc([N+](=O)[O-])cc2F)ncn1)N1CCCC1. The Labute approximate surface area is 141 Å². The van der Waals surface area contributed by atoms with Gasteiger partial charge in [0.15, 0.2) is 11.6 Å². The van der Waals surface area contributed by atoms with E-state index in [1.807, 2.05) is 0 Å². The number of ether oxygens (including phenoxy) is 1. The van der Waals surface area contributed by atoms with Crippen molar-refractivity contribution in [3.63, 3.8) is 0 Å². The summed E-state index contributed by atoms with van der Waals surface area (Å²) in [5.41, 5.74) is -0.383. The first-order chi connectivity index (χ1) is 12.0. The molecule has 0 unspecified atom stereocenters. The minimum atomic E-state index is -0.893. The standard InChI is InChI=1S/C15H14FN5O4/c16-11-7-10(21(23)24)3-4-12(11)25-14-8-13(17-9-18-14)19-15(22)20-5-1-2-6-20/h3-4,7-9H,1-2,5-6H2,(H,17,18,19,22). The van der Waals surface area contributed by atoms with Crippen molar-refractivity contribution in [3.05, 3.63) is 46.5 Å². The van der Waals surface area contributed by atoms with E-state index in [1.165, 1.54) is 6.07 Å². The summed E-state index contributed by atoms with van der Waals surface area (Å²) < 4.78 is 19.1. The second-order valence-electron chi connectivity index (χ2n) is 5.34. The van der Waals surface area contributed by atoms with Crippen molar-refractivity contribution in [2.75, 3.05) is 18.4 Å². The molecule has 2 amide bonds. The molecule has 1 aromatic carbocycles. The second kappa shape index (κ2) is 7.07. The average molecular weight is 347 g/mol. The summed E-state index contributed by atoms with van der Waals surface area (Å²) in [6, 6.07) is 4.08. The molecule has 9 nitrogen and oxygen atoms in total. The van der Waals surface area contributed by atoms with Crippen LogP contribution in [-0.4, -0.2) is 38.9 Å². The number of non-ortho nitro benzene ring substituents is 1. The van der Waals surface area contributed by atoms with E-state index in [2.05, 4.69) is 15.3 Å². The number of urea groups is 1. The van der Waals surface area contributed by atoms with Crippen LogP contribution in [0, 0.1) is 15.9 Å². The zero-order valence-electron chi connectivity index (χ0n) is 13.0. The molecule has 3 rings (SSSR count). The van der Waals surface area contributed by atoms with E-state index in [-0.39, 0.29) is 29.2 Å². The summed E-state index contributed by atoms with van der Waals surface area (Å²) in [4.78, 5) is 31.4. The van der Waals surface area contributed by atoms with Crippen LogP contribution in [0.1, 0.15) is 12.8 Å². The van der Waals surface area contributed by atoms with Crippen molar-refractivity contribution in [3.8, 4) is 11.6 Å². The maximum atomic E-state index is 13.9. The van der Waals surface area contributed by atoms with Crippen molar-refractivity contribution in [1.82, 2.24) is 14.9 Å². The van der Waals surface area contributed by atoms with Crippen LogP contribution in [0.2, 0.25) is 0 Å². The summed E-state index contributed by atoms with van der Waals surface area (Å²) in [5.74, 6) is -0.903. The van der Waals surface area contributed by atoms with Crippen molar-refractivity contribution in [2.45, 2.75) is 12.8 Å². The Morgan fingerprint density at radius 2 is 2.04 bits per heavy atom. The molecule has 2 heterocycles. The van der Waals surface area contributed by atoms with Crippen LogP contribution in [-0.2, 0) is 0 Å². The van der Waals surface area contributed by atoms with Gasteiger partial charge in [0, 0.05) is 25.2 Å². The van der Waals surface area contributed by atoms with Gasteiger partial charge in [0.1, 0.15) is 12.1 Å². The topological polar surface area (TPSA) is 110 Å². The van der Waals surface area contributed by atoms with Gasteiger partial charge in [-0.3, -0.25) is 15.4 Å². The molecule has 0 spiro atoms. The average Bonchev–Trinajstić information content (AvgIpc) is 3.11. The molecule has 10 heteroatoms. The fourth-order valence-electron chi connectivity index (χ4n) is 2.37. The van der Waals surface area contributed by atoms with Crippen molar-refractivity contribution >= 4 is 17.5 Å². The lowest BCUT2D eigenvalue weighted by Gasteiger charge is -2.15. The second-order valence-corrected chi connectivity index (χ2v) is 5.34. The number of benzene rings is 1. The van der Waals surface area contributed by atoms with E-state index in [4.69, 9.17) is 4.74 Å². The lowest BCUT2D eigenvalue weighted by molar-refractivity contribution is -0.385. The highest BCUT2D eigenvalue weighted by Gasteiger charge is 2.18. The van der Waals surface area contributed by atoms with Gasteiger partial charge in [0.2, 0.25) is 5.88 Å². The van der Waals surface area contributed by atoms with Crippen LogP contribution < -0.4 is 10.1 Å². The summed E-state index contributed by atoms with van der Waals surface area (Å²) in [6.45, 7) is 1.38. The Kier molecular flexibility index (Phi) is 4.68. The van der Waals surface area contributed by atoms with Crippen molar-refractivity contribution in [2.24, 2.45) is 0 Å². The summed E-state index contributed by atoms with van der Waals surface area (Å²) in [5, 5.41) is 13.2. The Morgan fingerprint density at radius 3 is 2.72 bits per heavy atom. The Bertz CT molecular complexity index is 810. The third-order valence-corrected chi connectivity index (χ3v) is 3.61. The first kappa shape index (κ1) is 16.6. The van der Waals surface area contributed by atoms with E-state index in [9.17, 15) is 19.3 Å². The molecule has 0 aliphatic carbocycles. The molecule has 1 fully saturated rings. The highest BCUT2D eigenvalue weighted by atomic mass is 19.1. The number of nitro benzene ring substituents is 1. The van der Waals surface area contributed by atoms with Gasteiger partial charge < -0.3 is 9.64 Å². The van der Waals surface area contributed by atoms with Crippen LogP contribution in [0.3, 0.4) is 0 Å². The van der Waals surface area contributed by atoms with E-state index in [1.54, 1.807) is 4.90 Å². The zero-order valence-corrected chi connectivity index (χ0v) is 13.0. The Hall–Kier alpha value is -3.30. The summed E-state index contributed by atoms with van der Waals surface area (Å²) in [6.07, 6.45) is 3.09. The number of carbonyl (C=O) groups is 1. The van der Waals surface area contributed by atoms with Gasteiger partial charge in [-0.1, -0.05) is 0 Å². The van der Waals surface area contributed by atoms with E-state index in [0.29, 0.717) is 13.1 Å². The van der Waals surface area contributed by atoms with Gasteiger partial charge in [-0.05, 0) is 18.9 Å². The van der Waals surface area contributed by atoms with Gasteiger partial charge in [-0.25, -0.2) is 19.2 Å². The largest absolute Gasteiger partial charge is 0.436 e. The first-order valence-corrected chi connectivity index (χ1v) is 7.53. The van der Waals surface area contributed by atoms with Gasteiger partial charge in [0.25, 0.3) is 5.69 Å². The number of aromatic nitrogens is 2. The minimum absolute atomic E-state index is 0.000486. The molecule has 25 heavy (non-hydrogen) atoms. The number of anilines is 1. The summed E-state index contributed by atoms with van der Waals surface area (Å²) >= 11 is 0. The van der Waals surface area contributed by atoms with E-state index in [0.717, 1.165) is 37.4 Å². The highest BCUT2D eigenvalue weighted by molar-refractivity contribution is 5.88. The van der Waals surface area contributed by atoms with Crippen LogP contribution in [0.4, 0.5) is 20.7 Å². The predicted octanol–water partition coefficient (Wildman–Crippen LogP) is 2.94. The minimum Gasteiger partial charge on any atom is -0.436 e. The number of hydrogen-bond donors (Lipinski definition) is 1. The van der Waals surface area contributed by atoms with Crippen molar-refractivity contribution in [1.29, 1.82) is 0 Å². The highest BCUT2D eigenvalue weighted by Crippen LogP contribution is 2.27. The lowest BCUT2D eigenvalue weighted by atomic mass is 10.3. The third-order valence-electron chi connectivity index (χ3n) is 3.61. The molecule has 1 aliphatic heterocycles. The third kappa shape index (κ3) is 3.97. The molecule has 1 aliphatic rings. The van der Waals surface area contributed by atoms with Crippen LogP contribution in [0.25, 0.3) is 0 Å². The van der Waals surface area contributed by atoms with E-state index >= 15 is 0 Å². The Morgan fingerprint density at radius 1 is 1.28 bits per heavy atom. The monoisotopic (exact) mass is 347 g/mol. The molecule has 0 bridgehead atoms. The number of likely N-dealkylation sites (tertiary alicyclic amines) is 1. The number of carbonyl (C=O) groups excluding carboxylic acids is 1. The Balaban J connectivity index is 1.71. The number of hydrogen-bond acceptors (Lipinski definition) is 6. The number of nitrogens with one attached hydrogen (secondary N) is 1. The fraction of sp³-hybridized carbons (Fsp3) is 0.267. The van der Waals surface area contributed by atoms with Gasteiger partial charge in [-0.2, -0.15) is 0 Å². The van der Waals surface area contributed by atoms with Crippen molar-refractivity contribution < 1.29 is 18.8 Å². The molecule has 1 N–H and O–H groups in total. The fourth-order valence-corrected chi connectivity index (χ4v) is 2.37. The maximum absolute atomic E-state index is 13.9. The molecular formula is C15H14FN5O4. The molecular weight excluding hydrogens is 333 g/mol. The summed E-state index contributed by atoms with van der Waals surface area (Å²) in [7, 11) is 0. The lowest BCUT2D eigenvalue weighted by Crippen LogP contribution is -2.32. The number of halogens is 1. The van der Waals surface area contributed by atoms with Crippen LogP contribution in [0.15, 0.2) is 30.6 Å². The molecule has 1 aromatic heterocycles. The molecule has 130 valence electrons. The van der Waals surface area contributed by atoms with Gasteiger partial charge in [-0.15, -0.1) is 0 Å².